The van der Waals surface area contributed by atoms with Gasteiger partial charge in [0.05, 0.1) is 5.52 Å². The molecule has 2 rings (SSSR count). The number of carbonyl (C=O) groups excluding carboxylic acids is 1. The molecule has 1 heterocycles. The summed E-state index contributed by atoms with van der Waals surface area (Å²) < 4.78 is 6.89. The van der Waals surface area contributed by atoms with Gasteiger partial charge in [0, 0.05) is 16.6 Å². The number of aryl methyl sites for hydroxylation is 1. The van der Waals surface area contributed by atoms with Crippen molar-refractivity contribution in [3.8, 4) is 0 Å². The number of nitrogens with zero attached hydrogens (tertiary/aromatic N) is 1. The summed E-state index contributed by atoms with van der Waals surface area (Å²) in [7, 11) is 0. The molecule has 0 radical (unpaired) electrons. The second-order valence-electron chi connectivity index (χ2n) is 5.32. The summed E-state index contributed by atoms with van der Waals surface area (Å²) in [4.78, 5) is 12.1. The zero-order valence-electron chi connectivity index (χ0n) is 11.0. The number of fused-ring (bicyclic) bond motifs is 1. The fourth-order valence-electron chi connectivity index (χ4n) is 1.83. The molecule has 3 nitrogen and oxygen atoms in total. The van der Waals surface area contributed by atoms with Gasteiger partial charge in [-0.3, -0.25) is 4.57 Å². The van der Waals surface area contributed by atoms with Crippen molar-refractivity contribution in [2.24, 2.45) is 0 Å². The van der Waals surface area contributed by atoms with Gasteiger partial charge in [0.15, 0.2) is 0 Å². The van der Waals surface area contributed by atoms with E-state index in [1.54, 1.807) is 12.3 Å². The average Bonchev–Trinajstić information content (AvgIpc) is 2.54. The standard InChI is InChI=1S/C14H16ClNO2/c1-9-8-16(13(17)18-14(2,3)4)12-6-5-10(15)7-11(9)12/h5-8H,1-4H3. The smallest absolute Gasteiger partial charge is 0.418 e. The fourth-order valence-corrected chi connectivity index (χ4v) is 2.00. The van der Waals surface area contributed by atoms with Crippen LogP contribution in [0.2, 0.25) is 5.02 Å². The van der Waals surface area contributed by atoms with Crippen LogP contribution < -0.4 is 0 Å². The number of carbonyl (C=O) groups is 1. The van der Waals surface area contributed by atoms with Gasteiger partial charge in [0.1, 0.15) is 5.60 Å². The lowest BCUT2D eigenvalue weighted by molar-refractivity contribution is 0.0544. The van der Waals surface area contributed by atoms with Gasteiger partial charge in [0.2, 0.25) is 0 Å². The lowest BCUT2D eigenvalue weighted by Crippen LogP contribution is -2.26. The zero-order valence-corrected chi connectivity index (χ0v) is 11.7. The van der Waals surface area contributed by atoms with Crippen LogP contribution in [0.3, 0.4) is 0 Å². The Morgan fingerprint density at radius 2 is 2.00 bits per heavy atom. The van der Waals surface area contributed by atoms with Crippen molar-refractivity contribution in [3.63, 3.8) is 0 Å². The number of halogens is 1. The maximum Gasteiger partial charge on any atom is 0.418 e. The number of hydrogen-bond acceptors (Lipinski definition) is 2. The van der Waals surface area contributed by atoms with Crippen LogP contribution >= 0.6 is 11.6 Å². The summed E-state index contributed by atoms with van der Waals surface area (Å²) in [6.07, 6.45) is 1.40. The number of rotatable bonds is 0. The topological polar surface area (TPSA) is 31.2 Å². The van der Waals surface area contributed by atoms with Gasteiger partial charge in [-0.15, -0.1) is 0 Å². The summed E-state index contributed by atoms with van der Waals surface area (Å²) in [6, 6.07) is 5.45. The molecule has 0 spiro atoms. The van der Waals surface area contributed by atoms with Gasteiger partial charge in [0.25, 0.3) is 0 Å². The van der Waals surface area contributed by atoms with Gasteiger partial charge in [-0.1, -0.05) is 11.6 Å². The van der Waals surface area contributed by atoms with Crippen molar-refractivity contribution in [2.75, 3.05) is 0 Å². The largest absolute Gasteiger partial charge is 0.443 e. The summed E-state index contributed by atoms with van der Waals surface area (Å²) in [5.41, 5.74) is 1.30. The molecule has 0 saturated carbocycles. The highest BCUT2D eigenvalue weighted by Crippen LogP contribution is 2.25. The monoisotopic (exact) mass is 265 g/mol. The third-order valence-corrected chi connectivity index (χ3v) is 2.79. The fraction of sp³-hybridized carbons (Fsp3) is 0.357. The third kappa shape index (κ3) is 2.51. The normalized spacial score (nSPS) is 11.8. The molecule has 2 aromatic rings. The van der Waals surface area contributed by atoms with Crippen molar-refractivity contribution in [3.05, 3.63) is 35.0 Å². The zero-order chi connectivity index (χ0) is 13.5. The predicted molar refractivity (Wildman–Crippen MR) is 73.3 cm³/mol. The molecule has 0 unspecified atom stereocenters. The van der Waals surface area contributed by atoms with Gasteiger partial charge >= 0.3 is 6.09 Å². The number of ether oxygens (including phenoxy) is 1. The van der Waals surface area contributed by atoms with Crippen LogP contribution in [0.25, 0.3) is 10.9 Å². The minimum absolute atomic E-state index is 0.372. The van der Waals surface area contributed by atoms with Crippen molar-refractivity contribution < 1.29 is 9.53 Å². The van der Waals surface area contributed by atoms with Crippen LogP contribution in [0.1, 0.15) is 26.3 Å². The number of hydrogen-bond donors (Lipinski definition) is 0. The molecule has 0 amide bonds. The molecule has 96 valence electrons. The highest BCUT2D eigenvalue weighted by molar-refractivity contribution is 6.31. The molecule has 4 heteroatoms. The van der Waals surface area contributed by atoms with E-state index in [0.717, 1.165) is 16.5 Å². The highest BCUT2D eigenvalue weighted by Gasteiger charge is 2.19. The third-order valence-electron chi connectivity index (χ3n) is 2.56. The molecule has 0 bridgehead atoms. The quantitative estimate of drug-likeness (QED) is 0.707. The summed E-state index contributed by atoms with van der Waals surface area (Å²) in [5, 5.41) is 1.63. The van der Waals surface area contributed by atoms with E-state index in [0.29, 0.717) is 5.02 Å². The summed E-state index contributed by atoms with van der Waals surface area (Å²) in [5.74, 6) is 0. The van der Waals surface area contributed by atoms with E-state index in [1.165, 1.54) is 4.57 Å². The molecule has 1 aromatic heterocycles. The number of benzene rings is 1. The molecule has 0 aliphatic heterocycles. The number of aromatic nitrogens is 1. The van der Waals surface area contributed by atoms with E-state index >= 15 is 0 Å². The molecule has 0 N–H and O–H groups in total. The Morgan fingerprint density at radius 3 is 2.61 bits per heavy atom. The van der Waals surface area contributed by atoms with Crippen molar-refractivity contribution in [2.45, 2.75) is 33.3 Å². The Morgan fingerprint density at radius 1 is 1.33 bits per heavy atom. The van der Waals surface area contributed by atoms with Crippen LogP contribution in [0.15, 0.2) is 24.4 Å². The van der Waals surface area contributed by atoms with E-state index in [9.17, 15) is 4.79 Å². The Bertz CT molecular complexity index is 608. The predicted octanol–water partition coefficient (Wildman–Crippen LogP) is 4.39. The minimum atomic E-state index is -0.506. The maximum atomic E-state index is 12.1. The van der Waals surface area contributed by atoms with Crippen molar-refractivity contribution in [1.29, 1.82) is 0 Å². The van der Waals surface area contributed by atoms with Crippen LogP contribution in [0.5, 0.6) is 0 Å². The van der Waals surface area contributed by atoms with Crippen LogP contribution in [-0.2, 0) is 4.74 Å². The molecule has 0 atom stereocenters. The van der Waals surface area contributed by atoms with Gasteiger partial charge in [-0.25, -0.2) is 4.79 Å². The second-order valence-corrected chi connectivity index (χ2v) is 5.76. The van der Waals surface area contributed by atoms with Gasteiger partial charge < -0.3 is 4.74 Å². The maximum absolute atomic E-state index is 12.1. The first kappa shape index (κ1) is 13.0. The Labute approximate surface area is 111 Å². The lowest BCUT2D eigenvalue weighted by Gasteiger charge is -2.19. The Balaban J connectivity index is 2.49. The van der Waals surface area contributed by atoms with E-state index in [1.807, 2.05) is 39.8 Å². The molecule has 0 aliphatic carbocycles. The van der Waals surface area contributed by atoms with E-state index in [-0.39, 0.29) is 6.09 Å². The van der Waals surface area contributed by atoms with E-state index in [2.05, 4.69) is 0 Å². The lowest BCUT2D eigenvalue weighted by atomic mass is 10.2. The van der Waals surface area contributed by atoms with Crippen molar-refractivity contribution in [1.82, 2.24) is 4.57 Å². The van der Waals surface area contributed by atoms with Gasteiger partial charge in [-0.05, 0) is 51.5 Å². The molecular formula is C14H16ClNO2. The van der Waals surface area contributed by atoms with Gasteiger partial charge in [-0.2, -0.15) is 0 Å². The van der Waals surface area contributed by atoms with Crippen LogP contribution in [0.4, 0.5) is 4.79 Å². The highest BCUT2D eigenvalue weighted by atomic mass is 35.5. The summed E-state index contributed by atoms with van der Waals surface area (Å²) in [6.45, 7) is 7.49. The molecule has 18 heavy (non-hydrogen) atoms. The second kappa shape index (κ2) is 4.32. The Kier molecular flexibility index (Phi) is 3.11. The molecule has 0 fully saturated rings. The first-order valence-corrected chi connectivity index (χ1v) is 6.16. The minimum Gasteiger partial charge on any atom is -0.443 e. The van der Waals surface area contributed by atoms with Crippen LogP contribution in [-0.4, -0.2) is 16.3 Å². The molecule has 1 aromatic carbocycles. The Hall–Kier alpha value is -1.48. The van der Waals surface area contributed by atoms with Crippen molar-refractivity contribution >= 4 is 28.6 Å². The average molecular weight is 266 g/mol. The molecule has 0 aliphatic rings. The first-order chi connectivity index (χ1) is 8.28. The molecule has 0 saturated heterocycles. The van der Waals surface area contributed by atoms with Crippen LogP contribution in [0, 0.1) is 6.92 Å². The summed E-state index contributed by atoms with van der Waals surface area (Å²) >= 11 is 5.96. The first-order valence-electron chi connectivity index (χ1n) is 5.78. The SMILES string of the molecule is Cc1cn(C(=O)OC(C)(C)C)c2ccc(Cl)cc12. The molecular weight excluding hydrogens is 250 g/mol. The van der Waals surface area contributed by atoms with E-state index in [4.69, 9.17) is 16.3 Å². The van der Waals surface area contributed by atoms with E-state index < -0.39 is 5.60 Å².